The van der Waals surface area contributed by atoms with Crippen molar-refractivity contribution in [1.29, 1.82) is 0 Å². The predicted molar refractivity (Wildman–Crippen MR) is 47.0 cm³/mol. The van der Waals surface area contributed by atoms with Crippen molar-refractivity contribution in [2.75, 3.05) is 13.2 Å². The molecular formula is C9H9NO4. The Morgan fingerprint density at radius 3 is 2.50 bits per heavy atom. The van der Waals surface area contributed by atoms with Crippen LogP contribution in [0.3, 0.4) is 0 Å². The zero-order valence-corrected chi connectivity index (χ0v) is 7.43. The van der Waals surface area contributed by atoms with Crippen molar-refractivity contribution in [3.05, 3.63) is 24.8 Å². The summed E-state index contributed by atoms with van der Waals surface area (Å²) in [6, 6.07) is 0. The van der Waals surface area contributed by atoms with E-state index in [1.807, 2.05) is 0 Å². The Morgan fingerprint density at radius 2 is 2.00 bits per heavy atom. The van der Waals surface area contributed by atoms with Gasteiger partial charge in [0.05, 0.1) is 6.54 Å². The molecule has 5 heteroatoms. The fourth-order valence-corrected chi connectivity index (χ4v) is 0.948. The second-order valence-electron chi connectivity index (χ2n) is 2.53. The topological polar surface area (TPSA) is 63.7 Å². The summed E-state index contributed by atoms with van der Waals surface area (Å²) in [5.41, 5.74) is 0. The maximum atomic E-state index is 11.0. The predicted octanol–water partition coefficient (Wildman–Crippen LogP) is -0.359. The van der Waals surface area contributed by atoms with Gasteiger partial charge in [-0.05, 0) is 0 Å². The molecule has 0 atom stereocenters. The molecule has 1 heterocycles. The van der Waals surface area contributed by atoms with Crippen molar-refractivity contribution in [1.82, 2.24) is 4.90 Å². The van der Waals surface area contributed by atoms with E-state index in [-0.39, 0.29) is 25.0 Å². The lowest BCUT2D eigenvalue weighted by Gasteiger charge is -2.12. The molecule has 2 amide bonds. The molecule has 0 aromatic carbocycles. The molecule has 74 valence electrons. The minimum Gasteiger partial charge on any atom is -0.461 e. The molecule has 0 bridgehead atoms. The van der Waals surface area contributed by atoms with Crippen LogP contribution in [0.15, 0.2) is 24.8 Å². The zero-order chi connectivity index (χ0) is 10.6. The van der Waals surface area contributed by atoms with Crippen molar-refractivity contribution in [2.45, 2.75) is 0 Å². The molecule has 0 radical (unpaired) electrons. The molecular weight excluding hydrogens is 186 g/mol. The highest BCUT2D eigenvalue weighted by molar-refractivity contribution is 6.12. The van der Waals surface area contributed by atoms with E-state index in [1.54, 1.807) is 0 Å². The van der Waals surface area contributed by atoms with E-state index >= 15 is 0 Å². The number of amides is 2. The molecule has 0 spiro atoms. The van der Waals surface area contributed by atoms with E-state index in [0.717, 1.165) is 11.0 Å². The van der Waals surface area contributed by atoms with E-state index in [4.69, 9.17) is 0 Å². The van der Waals surface area contributed by atoms with Crippen molar-refractivity contribution in [3.63, 3.8) is 0 Å². The number of imide groups is 1. The summed E-state index contributed by atoms with van der Waals surface area (Å²) in [6.45, 7) is 3.27. The standard InChI is InChI=1S/C9H9NO4/c1-2-9(13)14-6-5-10-7(11)3-4-8(10)12/h2-4H,1,5-6H2. The molecule has 1 aliphatic heterocycles. The summed E-state index contributed by atoms with van der Waals surface area (Å²) in [5.74, 6) is -1.34. The number of hydrogen-bond acceptors (Lipinski definition) is 4. The van der Waals surface area contributed by atoms with Gasteiger partial charge in [-0.15, -0.1) is 0 Å². The van der Waals surface area contributed by atoms with E-state index in [1.165, 1.54) is 12.2 Å². The van der Waals surface area contributed by atoms with Gasteiger partial charge in [0, 0.05) is 18.2 Å². The molecule has 5 nitrogen and oxygen atoms in total. The summed E-state index contributed by atoms with van der Waals surface area (Å²) in [6.07, 6.45) is 3.38. The quantitative estimate of drug-likeness (QED) is 0.349. The van der Waals surface area contributed by atoms with E-state index in [2.05, 4.69) is 11.3 Å². The number of carbonyl (C=O) groups excluding carboxylic acids is 3. The number of esters is 1. The number of ether oxygens (including phenoxy) is 1. The molecule has 0 fully saturated rings. The van der Waals surface area contributed by atoms with Gasteiger partial charge in [-0.3, -0.25) is 14.5 Å². The number of hydrogen-bond donors (Lipinski definition) is 0. The number of rotatable bonds is 4. The SMILES string of the molecule is C=CC(=O)OCCN1C(=O)C=CC1=O. The third-order valence-corrected chi connectivity index (χ3v) is 1.63. The minimum atomic E-state index is -0.572. The fourth-order valence-electron chi connectivity index (χ4n) is 0.948. The summed E-state index contributed by atoms with van der Waals surface area (Å²) < 4.78 is 4.62. The lowest BCUT2D eigenvalue weighted by molar-refractivity contribution is -0.143. The zero-order valence-electron chi connectivity index (χ0n) is 7.43. The summed E-state index contributed by atoms with van der Waals surface area (Å²) in [4.78, 5) is 33.6. The molecule has 0 aliphatic carbocycles. The van der Waals surface area contributed by atoms with Crippen molar-refractivity contribution in [2.24, 2.45) is 0 Å². The fraction of sp³-hybridized carbons (Fsp3) is 0.222. The lowest BCUT2D eigenvalue weighted by atomic mass is 10.5. The highest BCUT2D eigenvalue weighted by Gasteiger charge is 2.22. The Hall–Kier alpha value is -1.91. The van der Waals surface area contributed by atoms with Gasteiger partial charge in [0.1, 0.15) is 6.61 Å². The molecule has 0 aromatic rings. The van der Waals surface area contributed by atoms with E-state index in [0.29, 0.717) is 0 Å². The molecule has 0 aromatic heterocycles. The van der Waals surface area contributed by atoms with Gasteiger partial charge in [-0.1, -0.05) is 6.58 Å². The summed E-state index contributed by atoms with van der Waals surface area (Å²) in [7, 11) is 0. The molecule has 1 rings (SSSR count). The first-order chi connectivity index (χ1) is 6.65. The monoisotopic (exact) mass is 195 g/mol. The first-order valence-electron chi connectivity index (χ1n) is 3.98. The van der Waals surface area contributed by atoms with Gasteiger partial charge in [-0.2, -0.15) is 0 Å². The molecule has 0 N–H and O–H groups in total. The highest BCUT2D eigenvalue weighted by Crippen LogP contribution is 2.02. The highest BCUT2D eigenvalue weighted by atomic mass is 16.5. The van der Waals surface area contributed by atoms with Crippen LogP contribution in [0.5, 0.6) is 0 Å². The van der Waals surface area contributed by atoms with Gasteiger partial charge in [0.2, 0.25) is 0 Å². The molecule has 1 aliphatic rings. The Balaban J connectivity index is 2.32. The molecule has 0 unspecified atom stereocenters. The second kappa shape index (κ2) is 4.36. The van der Waals surface area contributed by atoms with Crippen LogP contribution in [0.1, 0.15) is 0 Å². The lowest BCUT2D eigenvalue weighted by Crippen LogP contribution is -2.33. The van der Waals surface area contributed by atoms with Gasteiger partial charge in [0.15, 0.2) is 0 Å². The molecule has 14 heavy (non-hydrogen) atoms. The Morgan fingerprint density at radius 1 is 1.43 bits per heavy atom. The smallest absolute Gasteiger partial charge is 0.330 e. The molecule has 0 saturated carbocycles. The van der Waals surface area contributed by atoms with Crippen LogP contribution in [-0.4, -0.2) is 35.8 Å². The van der Waals surface area contributed by atoms with Crippen molar-refractivity contribution in [3.8, 4) is 0 Å². The average molecular weight is 195 g/mol. The van der Waals surface area contributed by atoms with Gasteiger partial charge >= 0.3 is 5.97 Å². The van der Waals surface area contributed by atoms with Crippen molar-refractivity contribution < 1.29 is 19.1 Å². The van der Waals surface area contributed by atoms with E-state index < -0.39 is 5.97 Å². The maximum Gasteiger partial charge on any atom is 0.330 e. The Labute approximate surface area is 80.6 Å². The summed E-state index contributed by atoms with van der Waals surface area (Å²) in [5, 5.41) is 0. The van der Waals surface area contributed by atoms with Gasteiger partial charge in [-0.25, -0.2) is 4.79 Å². The van der Waals surface area contributed by atoms with Crippen LogP contribution in [0.4, 0.5) is 0 Å². The average Bonchev–Trinajstić information content (AvgIpc) is 2.48. The van der Waals surface area contributed by atoms with Crippen LogP contribution in [-0.2, 0) is 19.1 Å². The third-order valence-electron chi connectivity index (χ3n) is 1.63. The minimum absolute atomic E-state index is 0.00991. The van der Waals surface area contributed by atoms with Crippen LogP contribution >= 0.6 is 0 Å². The van der Waals surface area contributed by atoms with Crippen LogP contribution in [0.25, 0.3) is 0 Å². The van der Waals surface area contributed by atoms with Crippen molar-refractivity contribution >= 4 is 17.8 Å². The molecule has 0 saturated heterocycles. The third kappa shape index (κ3) is 2.29. The van der Waals surface area contributed by atoms with Crippen LogP contribution in [0.2, 0.25) is 0 Å². The van der Waals surface area contributed by atoms with Crippen LogP contribution < -0.4 is 0 Å². The van der Waals surface area contributed by atoms with E-state index in [9.17, 15) is 14.4 Å². The number of carbonyl (C=O) groups is 3. The summed E-state index contributed by atoms with van der Waals surface area (Å²) >= 11 is 0. The van der Waals surface area contributed by atoms with Gasteiger partial charge < -0.3 is 4.74 Å². The normalized spacial score (nSPS) is 14.7. The van der Waals surface area contributed by atoms with Gasteiger partial charge in [0.25, 0.3) is 11.8 Å². The second-order valence-corrected chi connectivity index (χ2v) is 2.53. The van der Waals surface area contributed by atoms with Crippen LogP contribution in [0, 0.1) is 0 Å². The largest absolute Gasteiger partial charge is 0.461 e. The Bertz CT molecular complexity index is 301. The maximum absolute atomic E-state index is 11.0. The first-order valence-corrected chi connectivity index (χ1v) is 3.98. The number of nitrogens with zero attached hydrogens (tertiary/aromatic N) is 1. The first kappa shape index (κ1) is 10.2. The Kier molecular flexibility index (Phi) is 3.17.